The predicted molar refractivity (Wildman–Crippen MR) is 130 cm³/mol. The number of non-ortho nitro benzene ring substituents is 1. The van der Waals surface area contributed by atoms with Gasteiger partial charge in [0.2, 0.25) is 0 Å². The number of para-hydroxylation sites is 2. The molecule has 0 spiro atoms. The molecule has 0 saturated heterocycles. The summed E-state index contributed by atoms with van der Waals surface area (Å²) in [4.78, 5) is 10.9. The van der Waals surface area contributed by atoms with E-state index in [2.05, 4.69) is 66.8 Å². The van der Waals surface area contributed by atoms with Crippen molar-refractivity contribution in [3.8, 4) is 5.69 Å². The molecule has 0 aliphatic carbocycles. The summed E-state index contributed by atoms with van der Waals surface area (Å²) < 4.78 is 9.51. The molecule has 0 N–H and O–H groups in total. The Labute approximate surface area is 192 Å². The van der Waals surface area contributed by atoms with Crippen molar-refractivity contribution in [1.82, 2.24) is 4.57 Å². The summed E-state index contributed by atoms with van der Waals surface area (Å²) in [5, 5.41) is 15.5. The summed E-state index contributed by atoms with van der Waals surface area (Å²) in [6.45, 7) is 0. The predicted octanol–water partition coefficient (Wildman–Crippen LogP) is 8.12. The monoisotopic (exact) mass is 534 g/mol. The van der Waals surface area contributed by atoms with E-state index in [0.717, 1.165) is 49.4 Å². The second kappa shape index (κ2) is 6.67. The van der Waals surface area contributed by atoms with E-state index in [1.807, 2.05) is 30.3 Å². The van der Waals surface area contributed by atoms with Crippen LogP contribution in [-0.2, 0) is 0 Å². The average molecular weight is 536 g/mol. The van der Waals surface area contributed by atoms with Crippen LogP contribution in [0.5, 0.6) is 0 Å². The molecular weight excluding hydrogens is 524 g/mol. The van der Waals surface area contributed by atoms with Gasteiger partial charge >= 0.3 is 0 Å². The van der Waals surface area contributed by atoms with Crippen LogP contribution in [0.15, 0.2) is 86.2 Å². The summed E-state index contributed by atoms with van der Waals surface area (Å²) in [7, 11) is 0. The molecule has 150 valence electrons. The van der Waals surface area contributed by atoms with Gasteiger partial charge in [0, 0.05) is 42.6 Å². The molecule has 2 aromatic heterocycles. The summed E-state index contributed by atoms with van der Waals surface area (Å²) in [5.41, 5.74) is 4.51. The van der Waals surface area contributed by atoms with Gasteiger partial charge in [-0.3, -0.25) is 10.1 Å². The second-order valence-electron chi connectivity index (χ2n) is 7.33. The Kier molecular flexibility index (Phi) is 4.00. The van der Waals surface area contributed by atoms with E-state index in [1.54, 1.807) is 0 Å². The van der Waals surface area contributed by atoms with Crippen LogP contribution in [-0.4, -0.2) is 9.49 Å². The molecule has 0 saturated carbocycles. The topological polar surface area (TPSA) is 61.2 Å². The van der Waals surface area contributed by atoms with Crippen molar-refractivity contribution in [1.29, 1.82) is 0 Å². The van der Waals surface area contributed by atoms with E-state index < -0.39 is 4.92 Å². The van der Waals surface area contributed by atoms with E-state index in [0.29, 0.717) is 8.95 Å². The highest BCUT2D eigenvalue weighted by molar-refractivity contribution is 9.11. The van der Waals surface area contributed by atoms with Crippen molar-refractivity contribution in [2.75, 3.05) is 0 Å². The number of aromatic nitrogens is 1. The molecule has 0 fully saturated rings. The zero-order valence-electron chi connectivity index (χ0n) is 15.8. The van der Waals surface area contributed by atoms with Gasteiger partial charge in [-0.2, -0.15) is 0 Å². The maximum Gasteiger partial charge on any atom is 0.271 e. The Morgan fingerprint density at radius 2 is 1.42 bits per heavy atom. The molecule has 6 aromatic rings. The molecule has 0 unspecified atom stereocenters. The summed E-state index contributed by atoms with van der Waals surface area (Å²) in [5.74, 6) is 0. The number of halogens is 2. The van der Waals surface area contributed by atoms with Crippen LogP contribution in [0.4, 0.5) is 5.69 Å². The van der Waals surface area contributed by atoms with Gasteiger partial charge in [-0.05, 0) is 56.1 Å². The van der Waals surface area contributed by atoms with E-state index in [-0.39, 0.29) is 5.69 Å². The first-order chi connectivity index (χ1) is 15.0. The number of benzene rings is 4. The minimum Gasteiger partial charge on any atom is -0.456 e. The quantitative estimate of drug-likeness (QED) is 0.166. The van der Waals surface area contributed by atoms with Crippen LogP contribution in [0.2, 0.25) is 0 Å². The lowest BCUT2D eigenvalue weighted by atomic mass is 10.1. The molecule has 6 rings (SSSR count). The van der Waals surface area contributed by atoms with Crippen LogP contribution in [0, 0.1) is 10.1 Å². The Bertz CT molecular complexity index is 1680. The third-order valence-electron chi connectivity index (χ3n) is 5.61. The van der Waals surface area contributed by atoms with Crippen LogP contribution in [0.25, 0.3) is 49.4 Å². The first-order valence-electron chi connectivity index (χ1n) is 9.51. The van der Waals surface area contributed by atoms with Gasteiger partial charge in [0.1, 0.15) is 11.2 Å². The average Bonchev–Trinajstić information content (AvgIpc) is 3.27. The lowest BCUT2D eigenvalue weighted by Gasteiger charge is -2.12. The Balaban J connectivity index is 1.80. The van der Waals surface area contributed by atoms with Crippen LogP contribution in [0.1, 0.15) is 0 Å². The van der Waals surface area contributed by atoms with Gasteiger partial charge in [-0.25, -0.2) is 0 Å². The van der Waals surface area contributed by atoms with Crippen molar-refractivity contribution >= 4 is 81.3 Å². The minimum atomic E-state index is -0.397. The van der Waals surface area contributed by atoms with Crippen molar-refractivity contribution in [3.05, 3.63) is 91.9 Å². The molecule has 5 nitrogen and oxygen atoms in total. The molecule has 4 aromatic carbocycles. The number of hydrogen-bond donors (Lipinski definition) is 0. The highest BCUT2D eigenvalue weighted by Gasteiger charge is 2.21. The number of rotatable bonds is 2. The summed E-state index contributed by atoms with van der Waals surface area (Å²) in [6.07, 6.45) is 0. The highest BCUT2D eigenvalue weighted by Crippen LogP contribution is 2.42. The van der Waals surface area contributed by atoms with Crippen LogP contribution in [0.3, 0.4) is 0 Å². The molecule has 31 heavy (non-hydrogen) atoms. The zero-order chi connectivity index (χ0) is 21.3. The van der Waals surface area contributed by atoms with Crippen molar-refractivity contribution < 1.29 is 9.34 Å². The molecule has 0 atom stereocenters. The second-order valence-corrected chi connectivity index (χ2v) is 9.04. The van der Waals surface area contributed by atoms with Crippen molar-refractivity contribution in [3.63, 3.8) is 0 Å². The Morgan fingerprint density at radius 3 is 2.16 bits per heavy atom. The first-order valence-corrected chi connectivity index (χ1v) is 11.1. The molecule has 7 heteroatoms. The standard InChI is InChI=1S/C24H12Br2N2O3/c25-18-9-13(28(29)30)10-19(26)24(18)27-20-7-3-1-5-14(20)16-12-23-17(11-21(16)27)15-6-2-4-8-22(15)31-23/h1-12H. The van der Waals surface area contributed by atoms with Gasteiger partial charge in [-0.15, -0.1) is 0 Å². The van der Waals surface area contributed by atoms with Gasteiger partial charge in [0.05, 0.1) is 21.6 Å². The SMILES string of the molecule is O=[N+]([O-])c1cc(Br)c(-n2c3ccccc3c3cc4oc5ccccc5c4cc32)c(Br)c1. The number of fused-ring (bicyclic) bond motifs is 6. The molecule has 0 aliphatic heterocycles. The summed E-state index contributed by atoms with van der Waals surface area (Å²) in [6, 6.07) is 23.4. The smallest absolute Gasteiger partial charge is 0.271 e. The third kappa shape index (κ3) is 2.66. The molecular formula is C24H12Br2N2O3. The highest BCUT2D eigenvalue weighted by atomic mass is 79.9. The van der Waals surface area contributed by atoms with E-state index >= 15 is 0 Å². The molecule has 0 radical (unpaired) electrons. The summed E-state index contributed by atoms with van der Waals surface area (Å²) >= 11 is 7.13. The number of hydrogen-bond acceptors (Lipinski definition) is 3. The maximum absolute atomic E-state index is 11.3. The number of furan rings is 1. The van der Waals surface area contributed by atoms with Gasteiger partial charge in [0.15, 0.2) is 0 Å². The minimum absolute atomic E-state index is 0.0199. The fourth-order valence-corrected chi connectivity index (χ4v) is 5.82. The first kappa shape index (κ1) is 18.6. The van der Waals surface area contributed by atoms with Crippen LogP contribution < -0.4 is 0 Å². The van der Waals surface area contributed by atoms with E-state index in [9.17, 15) is 10.1 Å². The lowest BCUT2D eigenvalue weighted by molar-refractivity contribution is -0.385. The maximum atomic E-state index is 11.3. The Hall–Kier alpha value is -3.16. The third-order valence-corrected chi connectivity index (χ3v) is 6.82. The number of nitro groups is 1. The molecule has 0 amide bonds. The Morgan fingerprint density at radius 1 is 0.742 bits per heavy atom. The van der Waals surface area contributed by atoms with Gasteiger partial charge in [-0.1, -0.05) is 36.4 Å². The van der Waals surface area contributed by atoms with E-state index in [4.69, 9.17) is 4.42 Å². The van der Waals surface area contributed by atoms with Crippen molar-refractivity contribution in [2.24, 2.45) is 0 Å². The van der Waals surface area contributed by atoms with Gasteiger partial charge < -0.3 is 8.98 Å². The largest absolute Gasteiger partial charge is 0.456 e. The van der Waals surface area contributed by atoms with E-state index in [1.165, 1.54) is 12.1 Å². The lowest BCUT2D eigenvalue weighted by Crippen LogP contribution is -1.98. The molecule has 0 aliphatic rings. The van der Waals surface area contributed by atoms with Crippen molar-refractivity contribution in [2.45, 2.75) is 0 Å². The molecule has 0 bridgehead atoms. The van der Waals surface area contributed by atoms with Crippen LogP contribution >= 0.6 is 31.9 Å². The fraction of sp³-hybridized carbons (Fsp3) is 0. The number of nitrogens with zero attached hydrogens (tertiary/aromatic N) is 2. The fourth-order valence-electron chi connectivity index (χ4n) is 4.30. The normalized spacial score (nSPS) is 11.8. The zero-order valence-corrected chi connectivity index (χ0v) is 19.0. The molecule has 2 heterocycles. The van der Waals surface area contributed by atoms with Gasteiger partial charge in [0.25, 0.3) is 5.69 Å². The number of nitro benzene ring substituents is 1.